The molecule has 3 heteroatoms. The lowest BCUT2D eigenvalue weighted by Crippen LogP contribution is -2.42. The minimum atomic E-state index is -1.77. The van der Waals surface area contributed by atoms with Crippen LogP contribution >= 0.6 is 0 Å². The summed E-state index contributed by atoms with van der Waals surface area (Å²) in [5.74, 6) is 0. The summed E-state index contributed by atoms with van der Waals surface area (Å²) >= 11 is 0. The van der Waals surface area contributed by atoms with Gasteiger partial charge in [0.15, 0.2) is 8.32 Å². The van der Waals surface area contributed by atoms with Gasteiger partial charge < -0.3 is 9.53 Å². The highest BCUT2D eigenvalue weighted by Crippen LogP contribution is 2.36. The number of rotatable bonds is 6. The highest BCUT2D eigenvalue weighted by molar-refractivity contribution is 6.74. The molecule has 0 saturated carbocycles. The molecule has 0 aliphatic rings. The first-order valence-corrected chi connectivity index (χ1v) is 11.4. The van der Waals surface area contributed by atoms with Gasteiger partial charge in [-0.3, -0.25) is 0 Å². The SMILES string of the molecule is CC(C)(C)[Si](C)(C)OCC(O)CCc1ccc2ccccc2c1. The maximum Gasteiger partial charge on any atom is 0.192 e. The Kier molecular flexibility index (Phi) is 5.66. The van der Waals surface area contributed by atoms with Crippen LogP contribution in [-0.4, -0.2) is 26.1 Å². The molecule has 0 bridgehead atoms. The fourth-order valence-corrected chi connectivity index (χ4v) is 3.37. The zero-order chi connectivity index (χ0) is 17.1. The topological polar surface area (TPSA) is 29.5 Å². The Morgan fingerprint density at radius 2 is 1.70 bits per heavy atom. The Labute approximate surface area is 141 Å². The van der Waals surface area contributed by atoms with Crippen LogP contribution in [0.4, 0.5) is 0 Å². The Morgan fingerprint density at radius 3 is 2.35 bits per heavy atom. The normalized spacial score (nSPS) is 14.2. The molecule has 0 radical (unpaired) electrons. The fraction of sp³-hybridized carbons (Fsp3) is 0.500. The maximum absolute atomic E-state index is 10.3. The first-order chi connectivity index (χ1) is 10.7. The van der Waals surface area contributed by atoms with E-state index in [0.29, 0.717) is 6.61 Å². The number of aliphatic hydroxyl groups is 1. The molecular formula is C20H30O2Si. The zero-order valence-electron chi connectivity index (χ0n) is 15.1. The van der Waals surface area contributed by atoms with Gasteiger partial charge in [-0.25, -0.2) is 0 Å². The highest BCUT2D eigenvalue weighted by atomic mass is 28.4. The van der Waals surface area contributed by atoms with Crippen LogP contribution in [0, 0.1) is 0 Å². The van der Waals surface area contributed by atoms with E-state index in [4.69, 9.17) is 4.43 Å². The zero-order valence-corrected chi connectivity index (χ0v) is 16.1. The lowest BCUT2D eigenvalue weighted by atomic mass is 10.0. The number of benzene rings is 2. The molecule has 1 N–H and O–H groups in total. The third kappa shape index (κ3) is 4.90. The van der Waals surface area contributed by atoms with Gasteiger partial charge in [-0.15, -0.1) is 0 Å². The van der Waals surface area contributed by atoms with E-state index in [9.17, 15) is 5.11 Å². The molecule has 0 aromatic heterocycles. The average molecular weight is 331 g/mol. The summed E-state index contributed by atoms with van der Waals surface area (Å²) in [6.45, 7) is 11.6. The first-order valence-electron chi connectivity index (χ1n) is 8.49. The molecule has 2 aromatic rings. The molecule has 0 heterocycles. The van der Waals surface area contributed by atoms with Crippen LogP contribution in [0.25, 0.3) is 10.8 Å². The van der Waals surface area contributed by atoms with Crippen LogP contribution in [0.2, 0.25) is 18.1 Å². The van der Waals surface area contributed by atoms with Crippen molar-refractivity contribution in [2.24, 2.45) is 0 Å². The number of aliphatic hydroxyl groups excluding tert-OH is 1. The minimum absolute atomic E-state index is 0.186. The van der Waals surface area contributed by atoms with Crippen LogP contribution in [0.3, 0.4) is 0 Å². The van der Waals surface area contributed by atoms with Gasteiger partial charge in [0, 0.05) is 0 Å². The van der Waals surface area contributed by atoms with E-state index in [1.807, 2.05) is 0 Å². The van der Waals surface area contributed by atoms with Crippen LogP contribution < -0.4 is 0 Å². The fourth-order valence-electron chi connectivity index (χ4n) is 2.33. The number of hydrogen-bond donors (Lipinski definition) is 1. The second kappa shape index (κ2) is 7.16. The Bertz CT molecular complexity index is 643. The van der Waals surface area contributed by atoms with E-state index in [0.717, 1.165) is 12.8 Å². The van der Waals surface area contributed by atoms with E-state index >= 15 is 0 Å². The van der Waals surface area contributed by atoms with Crippen molar-refractivity contribution in [1.29, 1.82) is 0 Å². The van der Waals surface area contributed by atoms with Gasteiger partial charge >= 0.3 is 0 Å². The van der Waals surface area contributed by atoms with Gasteiger partial charge in [-0.1, -0.05) is 63.2 Å². The van der Waals surface area contributed by atoms with Gasteiger partial charge in [0.05, 0.1) is 12.7 Å². The van der Waals surface area contributed by atoms with Crippen molar-refractivity contribution in [2.45, 2.75) is 57.8 Å². The van der Waals surface area contributed by atoms with Crippen molar-refractivity contribution >= 4 is 19.1 Å². The van der Waals surface area contributed by atoms with Gasteiger partial charge in [0.1, 0.15) is 0 Å². The van der Waals surface area contributed by atoms with E-state index in [1.165, 1.54) is 16.3 Å². The Balaban J connectivity index is 1.87. The van der Waals surface area contributed by atoms with E-state index in [2.05, 4.69) is 76.3 Å². The molecule has 0 spiro atoms. The third-order valence-corrected chi connectivity index (χ3v) is 9.52. The average Bonchev–Trinajstić information content (AvgIpc) is 2.49. The number of fused-ring (bicyclic) bond motifs is 1. The van der Waals surface area contributed by atoms with E-state index < -0.39 is 14.4 Å². The molecule has 2 nitrogen and oxygen atoms in total. The second-order valence-corrected chi connectivity index (χ2v) is 12.8. The highest BCUT2D eigenvalue weighted by Gasteiger charge is 2.37. The lowest BCUT2D eigenvalue weighted by molar-refractivity contribution is 0.0931. The Hall–Kier alpha value is -1.16. The van der Waals surface area contributed by atoms with E-state index in [-0.39, 0.29) is 5.04 Å². The van der Waals surface area contributed by atoms with Crippen LogP contribution in [-0.2, 0) is 10.8 Å². The van der Waals surface area contributed by atoms with E-state index in [1.54, 1.807) is 0 Å². The summed E-state index contributed by atoms with van der Waals surface area (Å²) < 4.78 is 6.10. The summed E-state index contributed by atoms with van der Waals surface area (Å²) in [7, 11) is -1.77. The maximum atomic E-state index is 10.3. The summed E-state index contributed by atoms with van der Waals surface area (Å²) in [4.78, 5) is 0. The van der Waals surface area contributed by atoms with Crippen LogP contribution in [0.5, 0.6) is 0 Å². The van der Waals surface area contributed by atoms with Crippen molar-refractivity contribution in [3.8, 4) is 0 Å². The number of hydrogen-bond acceptors (Lipinski definition) is 2. The van der Waals surface area contributed by atoms with Gasteiger partial charge in [0.25, 0.3) is 0 Å². The molecule has 0 fully saturated rings. The standard InChI is InChI=1S/C20H30O2Si/c1-20(2,3)23(4,5)22-15-19(21)13-11-16-10-12-17-8-6-7-9-18(17)14-16/h6-10,12,14,19,21H,11,13,15H2,1-5H3. The van der Waals surface area contributed by atoms with Crippen molar-refractivity contribution in [3.63, 3.8) is 0 Å². The van der Waals surface area contributed by atoms with Crippen LogP contribution in [0.15, 0.2) is 42.5 Å². The molecule has 23 heavy (non-hydrogen) atoms. The lowest BCUT2D eigenvalue weighted by Gasteiger charge is -2.36. The van der Waals surface area contributed by atoms with Crippen molar-refractivity contribution in [3.05, 3.63) is 48.0 Å². The van der Waals surface area contributed by atoms with Crippen molar-refractivity contribution in [1.82, 2.24) is 0 Å². The summed E-state index contributed by atoms with van der Waals surface area (Å²) in [5.41, 5.74) is 1.27. The Morgan fingerprint density at radius 1 is 1.04 bits per heavy atom. The van der Waals surface area contributed by atoms with Crippen LogP contribution in [0.1, 0.15) is 32.8 Å². The molecule has 126 valence electrons. The molecule has 0 amide bonds. The molecule has 1 atom stereocenters. The summed E-state index contributed by atoms with van der Waals surface area (Å²) in [5, 5.41) is 13.0. The monoisotopic (exact) mass is 330 g/mol. The first kappa shape index (κ1) is 18.2. The molecule has 1 unspecified atom stereocenters. The predicted molar refractivity (Wildman–Crippen MR) is 101 cm³/mol. The molecule has 0 saturated heterocycles. The molecule has 2 rings (SSSR count). The molecule has 0 aliphatic carbocycles. The summed E-state index contributed by atoms with van der Waals surface area (Å²) in [6, 6.07) is 14.9. The summed E-state index contributed by atoms with van der Waals surface area (Å²) in [6.07, 6.45) is 1.23. The molecule has 2 aromatic carbocycles. The number of aryl methyl sites for hydroxylation is 1. The van der Waals surface area contributed by atoms with Gasteiger partial charge in [-0.2, -0.15) is 0 Å². The minimum Gasteiger partial charge on any atom is -0.414 e. The third-order valence-electron chi connectivity index (χ3n) is 5.02. The second-order valence-electron chi connectivity index (χ2n) is 7.95. The molecule has 0 aliphatic heterocycles. The largest absolute Gasteiger partial charge is 0.414 e. The van der Waals surface area contributed by atoms with Gasteiger partial charge in [0.2, 0.25) is 0 Å². The van der Waals surface area contributed by atoms with Gasteiger partial charge in [-0.05, 0) is 47.3 Å². The quantitative estimate of drug-likeness (QED) is 0.742. The van der Waals surface area contributed by atoms with Crippen molar-refractivity contribution < 1.29 is 9.53 Å². The smallest absolute Gasteiger partial charge is 0.192 e. The van der Waals surface area contributed by atoms with Crippen molar-refractivity contribution in [2.75, 3.05) is 6.61 Å². The predicted octanol–water partition coefficient (Wildman–Crippen LogP) is 5.16. The molecular weight excluding hydrogens is 300 g/mol.